The molecule has 4 nitrogen and oxygen atoms in total. The van der Waals surface area contributed by atoms with Crippen LogP contribution in [0.1, 0.15) is 0 Å². The fourth-order valence-electron chi connectivity index (χ4n) is 2.80. The summed E-state index contributed by atoms with van der Waals surface area (Å²) in [7, 11) is 0. The predicted molar refractivity (Wildman–Crippen MR) is 165 cm³/mol. The van der Waals surface area contributed by atoms with E-state index in [1.807, 2.05) is 72.8 Å². The van der Waals surface area contributed by atoms with Gasteiger partial charge in [0.2, 0.25) is 0 Å². The molecule has 0 radical (unpaired) electrons. The molecule has 0 atom stereocenters. The van der Waals surface area contributed by atoms with Gasteiger partial charge in [0.25, 0.3) is 0 Å². The Bertz CT molecular complexity index is 1150. The molecule has 0 saturated heterocycles. The third kappa shape index (κ3) is 8.82. The van der Waals surface area contributed by atoms with Crippen LogP contribution >= 0.6 is 70.8 Å². The van der Waals surface area contributed by atoms with Gasteiger partial charge in [-0.2, -0.15) is 0 Å². The Morgan fingerprint density at radius 1 is 0.389 bits per heavy atom. The average Bonchev–Trinajstić information content (AvgIpc) is 2.85. The standard InChI is InChI=1S/2C13H10Cl2N2S/c2*14-9-5-1-3-7-11(9)16-13(18)17-12-8-4-2-6-10(12)15/h2*1-8H,(H2,16,17,18). The van der Waals surface area contributed by atoms with E-state index >= 15 is 0 Å². The number of halogens is 4. The molecule has 0 unspecified atom stereocenters. The van der Waals surface area contributed by atoms with Crippen LogP contribution in [0.4, 0.5) is 22.7 Å². The van der Waals surface area contributed by atoms with Crippen molar-refractivity contribution in [2.24, 2.45) is 0 Å². The summed E-state index contributed by atoms with van der Waals surface area (Å²) in [6.45, 7) is 0. The van der Waals surface area contributed by atoms with Crippen molar-refractivity contribution < 1.29 is 0 Å². The van der Waals surface area contributed by atoms with Gasteiger partial charge in [-0.3, -0.25) is 0 Å². The average molecular weight is 594 g/mol. The zero-order valence-corrected chi connectivity index (χ0v) is 23.2. The normalized spacial score (nSPS) is 9.89. The number of rotatable bonds is 4. The van der Waals surface area contributed by atoms with Gasteiger partial charge in [0, 0.05) is 0 Å². The molecule has 10 heteroatoms. The van der Waals surface area contributed by atoms with Crippen LogP contribution in [-0.4, -0.2) is 10.2 Å². The number of anilines is 4. The van der Waals surface area contributed by atoms with E-state index in [1.54, 1.807) is 24.3 Å². The van der Waals surface area contributed by atoms with Gasteiger partial charge < -0.3 is 21.3 Å². The number of hydrogen-bond donors (Lipinski definition) is 4. The first-order valence-electron chi connectivity index (χ1n) is 10.5. The van der Waals surface area contributed by atoms with Crippen LogP contribution in [0.5, 0.6) is 0 Å². The van der Waals surface area contributed by atoms with E-state index in [-0.39, 0.29) is 0 Å². The quantitative estimate of drug-likeness (QED) is 0.177. The summed E-state index contributed by atoms with van der Waals surface area (Å²) in [5.41, 5.74) is 3.01. The van der Waals surface area contributed by atoms with E-state index in [9.17, 15) is 0 Å². The third-order valence-corrected chi connectivity index (χ3v) is 6.21. The van der Waals surface area contributed by atoms with Crippen LogP contribution < -0.4 is 21.3 Å². The van der Waals surface area contributed by atoms with Crippen LogP contribution in [-0.2, 0) is 0 Å². The van der Waals surface area contributed by atoms with Gasteiger partial charge in [-0.15, -0.1) is 0 Å². The molecule has 0 heterocycles. The van der Waals surface area contributed by atoms with Crippen molar-refractivity contribution in [3.8, 4) is 0 Å². The van der Waals surface area contributed by atoms with E-state index in [0.717, 1.165) is 22.7 Å². The molecule has 4 rings (SSSR count). The second-order valence-electron chi connectivity index (χ2n) is 7.08. The van der Waals surface area contributed by atoms with Gasteiger partial charge in [0.15, 0.2) is 10.2 Å². The lowest BCUT2D eigenvalue weighted by atomic mass is 10.3. The van der Waals surface area contributed by atoms with E-state index in [0.29, 0.717) is 30.3 Å². The summed E-state index contributed by atoms with van der Waals surface area (Å²) >= 11 is 34.5. The van der Waals surface area contributed by atoms with Gasteiger partial charge >= 0.3 is 0 Å². The predicted octanol–water partition coefficient (Wildman–Crippen LogP) is 9.60. The molecule has 0 bridgehead atoms. The molecule has 0 fully saturated rings. The van der Waals surface area contributed by atoms with Crippen LogP contribution in [0.15, 0.2) is 97.1 Å². The summed E-state index contributed by atoms with van der Waals surface area (Å²) in [5, 5.41) is 15.4. The third-order valence-electron chi connectivity index (χ3n) is 4.49. The van der Waals surface area contributed by atoms with Crippen molar-refractivity contribution in [3.63, 3.8) is 0 Å². The minimum Gasteiger partial charge on any atom is -0.331 e. The molecule has 4 aromatic carbocycles. The number of thiocarbonyl (C=S) groups is 2. The lowest BCUT2D eigenvalue weighted by Gasteiger charge is -2.12. The Hall–Kier alpha value is -2.58. The zero-order chi connectivity index (χ0) is 25.9. The molecule has 0 aromatic heterocycles. The van der Waals surface area contributed by atoms with Crippen LogP contribution in [0.2, 0.25) is 20.1 Å². The maximum absolute atomic E-state index is 6.03. The maximum Gasteiger partial charge on any atom is 0.175 e. The van der Waals surface area contributed by atoms with Gasteiger partial charge in [0.05, 0.1) is 42.8 Å². The molecule has 36 heavy (non-hydrogen) atoms. The Morgan fingerprint density at radius 2 is 0.583 bits per heavy atom. The van der Waals surface area contributed by atoms with Crippen molar-refractivity contribution in [2.45, 2.75) is 0 Å². The molecule has 184 valence electrons. The first-order valence-corrected chi connectivity index (χ1v) is 12.8. The second kappa shape index (κ2) is 14.2. The lowest BCUT2D eigenvalue weighted by molar-refractivity contribution is 1.59. The highest BCUT2D eigenvalue weighted by atomic mass is 35.5. The van der Waals surface area contributed by atoms with Gasteiger partial charge in [-0.1, -0.05) is 94.9 Å². The molecule has 0 spiro atoms. The van der Waals surface area contributed by atoms with Crippen LogP contribution in [0.3, 0.4) is 0 Å². The maximum atomic E-state index is 6.03. The van der Waals surface area contributed by atoms with Crippen LogP contribution in [0, 0.1) is 0 Å². The van der Waals surface area contributed by atoms with Gasteiger partial charge in [-0.25, -0.2) is 0 Å². The largest absolute Gasteiger partial charge is 0.331 e. The van der Waals surface area contributed by atoms with E-state index in [4.69, 9.17) is 70.8 Å². The number of nitrogens with one attached hydrogen (secondary N) is 4. The number of benzene rings is 4. The van der Waals surface area contributed by atoms with Gasteiger partial charge in [0.1, 0.15) is 0 Å². The Kier molecular flexibility index (Phi) is 11.1. The van der Waals surface area contributed by atoms with Crippen LogP contribution in [0.25, 0.3) is 0 Å². The van der Waals surface area contributed by atoms with E-state index in [2.05, 4.69) is 21.3 Å². The first kappa shape index (κ1) is 28.0. The molecule has 0 aliphatic carbocycles. The molecule has 0 aliphatic heterocycles. The Labute approximate surface area is 240 Å². The molecule has 4 N–H and O–H groups in total. The SMILES string of the molecule is S=C(Nc1ccccc1Cl)Nc1ccccc1Cl.S=C(Nc1ccccc1Cl)Nc1ccccc1Cl. The molecular weight excluding hydrogens is 574 g/mol. The van der Waals surface area contributed by atoms with E-state index in [1.165, 1.54) is 0 Å². The Morgan fingerprint density at radius 3 is 0.778 bits per heavy atom. The molecule has 0 saturated carbocycles. The summed E-state index contributed by atoms with van der Waals surface area (Å²) in [5.74, 6) is 0. The second-order valence-corrected chi connectivity index (χ2v) is 9.52. The van der Waals surface area contributed by atoms with Crippen molar-refractivity contribution in [2.75, 3.05) is 21.3 Å². The van der Waals surface area contributed by atoms with Crippen molar-refractivity contribution in [3.05, 3.63) is 117 Å². The number of para-hydroxylation sites is 4. The number of hydrogen-bond acceptors (Lipinski definition) is 2. The molecule has 0 amide bonds. The van der Waals surface area contributed by atoms with Crippen molar-refractivity contribution >= 4 is 104 Å². The zero-order valence-electron chi connectivity index (χ0n) is 18.6. The lowest BCUT2D eigenvalue weighted by Crippen LogP contribution is -2.19. The summed E-state index contributed by atoms with van der Waals surface area (Å²) in [6, 6.07) is 29.5. The highest BCUT2D eigenvalue weighted by molar-refractivity contribution is 7.81. The summed E-state index contributed by atoms with van der Waals surface area (Å²) < 4.78 is 0. The highest BCUT2D eigenvalue weighted by Gasteiger charge is 2.05. The topological polar surface area (TPSA) is 48.1 Å². The molecule has 0 aliphatic rings. The molecule has 4 aromatic rings. The minimum atomic E-state index is 0.441. The Balaban J connectivity index is 0.000000201. The summed E-state index contributed by atoms with van der Waals surface area (Å²) in [6.07, 6.45) is 0. The first-order chi connectivity index (χ1) is 17.3. The fraction of sp³-hybridized carbons (Fsp3) is 0. The monoisotopic (exact) mass is 592 g/mol. The van der Waals surface area contributed by atoms with Crippen molar-refractivity contribution in [1.82, 2.24) is 0 Å². The van der Waals surface area contributed by atoms with Crippen molar-refractivity contribution in [1.29, 1.82) is 0 Å². The summed E-state index contributed by atoms with van der Waals surface area (Å²) in [4.78, 5) is 0. The molecular formula is C26H20Cl4N4S2. The van der Waals surface area contributed by atoms with Gasteiger partial charge in [-0.05, 0) is 73.0 Å². The van der Waals surface area contributed by atoms with E-state index < -0.39 is 0 Å². The fourth-order valence-corrected chi connectivity index (χ4v) is 3.97. The highest BCUT2D eigenvalue weighted by Crippen LogP contribution is 2.24. The minimum absolute atomic E-state index is 0.441. The smallest absolute Gasteiger partial charge is 0.175 e.